The summed E-state index contributed by atoms with van der Waals surface area (Å²) in [5, 5.41) is 2.67. The molecule has 0 atom stereocenters. The minimum atomic E-state index is 0.227. The Morgan fingerprint density at radius 1 is 1.20 bits per heavy atom. The van der Waals surface area contributed by atoms with E-state index in [1.54, 1.807) is 21.3 Å². The van der Waals surface area contributed by atoms with Gasteiger partial charge in [-0.1, -0.05) is 0 Å². The smallest absolute Gasteiger partial charge is 0.195 e. The van der Waals surface area contributed by atoms with E-state index in [1.165, 1.54) is 0 Å². The maximum atomic E-state index is 5.66. The molecule has 1 aromatic rings. The minimum Gasteiger partial charge on any atom is -0.497 e. The largest absolute Gasteiger partial charge is 0.497 e. The van der Waals surface area contributed by atoms with Crippen molar-refractivity contribution in [3.05, 3.63) is 23.8 Å². The second kappa shape index (κ2) is 7.88. The van der Waals surface area contributed by atoms with E-state index in [0.717, 1.165) is 17.1 Å². The molecule has 110 valence electrons. The Kier molecular flexibility index (Phi) is 6.15. The third kappa shape index (κ3) is 4.68. The maximum absolute atomic E-state index is 5.66. The number of nitrogens with zero attached hydrogens (tertiary/aromatic N) is 2. The number of methoxy groups -OCH3 is 2. The molecule has 0 aliphatic rings. The molecule has 7 nitrogen and oxygen atoms in total. The average molecular weight is 279 g/mol. The molecule has 0 aliphatic heterocycles. The molecular formula is C13H21N5O2. The summed E-state index contributed by atoms with van der Waals surface area (Å²) in [5.74, 6) is 2.03. The van der Waals surface area contributed by atoms with Crippen LogP contribution in [0, 0.1) is 0 Å². The fourth-order valence-electron chi connectivity index (χ4n) is 1.60. The Morgan fingerprint density at radius 3 is 2.55 bits per heavy atom. The Bertz CT molecular complexity index is 500. The lowest BCUT2D eigenvalue weighted by molar-refractivity contribution is 0.399. The lowest BCUT2D eigenvalue weighted by Crippen LogP contribution is -2.41. The number of aliphatic imine (C=N–C) groups is 2. The fraction of sp³-hybridized carbons (Fsp3) is 0.385. The molecule has 0 unspecified atom stereocenters. The van der Waals surface area contributed by atoms with Crippen LogP contribution in [0.2, 0.25) is 0 Å². The maximum Gasteiger partial charge on any atom is 0.195 e. The van der Waals surface area contributed by atoms with Crippen LogP contribution < -0.4 is 26.3 Å². The van der Waals surface area contributed by atoms with Crippen LogP contribution in [-0.4, -0.2) is 39.7 Å². The van der Waals surface area contributed by atoms with Gasteiger partial charge in [-0.2, -0.15) is 0 Å². The quantitative estimate of drug-likeness (QED) is 0.523. The third-order valence-corrected chi connectivity index (χ3v) is 2.65. The molecule has 0 fully saturated rings. The van der Waals surface area contributed by atoms with Gasteiger partial charge in [-0.05, 0) is 30.2 Å². The summed E-state index contributed by atoms with van der Waals surface area (Å²) in [4.78, 5) is 7.90. The van der Waals surface area contributed by atoms with E-state index in [-0.39, 0.29) is 11.9 Å². The van der Waals surface area contributed by atoms with Gasteiger partial charge in [-0.3, -0.25) is 15.3 Å². The molecule has 0 saturated heterocycles. The number of hydrogen-bond donors (Lipinski definition) is 3. The van der Waals surface area contributed by atoms with Crippen molar-refractivity contribution < 1.29 is 9.47 Å². The van der Waals surface area contributed by atoms with Gasteiger partial charge in [0.2, 0.25) is 0 Å². The summed E-state index contributed by atoms with van der Waals surface area (Å²) >= 11 is 0. The van der Waals surface area contributed by atoms with Gasteiger partial charge in [0, 0.05) is 13.6 Å². The average Bonchev–Trinajstić information content (AvgIpc) is 2.46. The van der Waals surface area contributed by atoms with E-state index in [1.807, 2.05) is 18.2 Å². The molecule has 0 aliphatic carbocycles. The summed E-state index contributed by atoms with van der Waals surface area (Å²) in [5.41, 5.74) is 12.1. The third-order valence-electron chi connectivity index (χ3n) is 2.65. The number of hydrogen-bond acceptors (Lipinski definition) is 4. The number of benzene rings is 1. The molecule has 1 rings (SSSR count). The van der Waals surface area contributed by atoms with Crippen LogP contribution in [0.5, 0.6) is 11.5 Å². The van der Waals surface area contributed by atoms with E-state index in [9.17, 15) is 0 Å². The zero-order chi connectivity index (χ0) is 15.0. The summed E-state index contributed by atoms with van der Waals surface area (Å²) < 4.78 is 10.5. The molecule has 5 N–H and O–H groups in total. The van der Waals surface area contributed by atoms with Crippen molar-refractivity contribution in [1.29, 1.82) is 0 Å². The standard InChI is InChI=1S/C13H21N5O2/c1-16-12(14)18-13(15)17-7-6-9-8-10(19-2)4-5-11(9)20-3/h4-5,8H,6-7H2,1-3H3,(H5,14,15,16,17,18). The fourth-order valence-corrected chi connectivity index (χ4v) is 1.60. The molecule has 0 amide bonds. The number of guanidine groups is 2. The van der Waals surface area contributed by atoms with E-state index >= 15 is 0 Å². The molecular weight excluding hydrogens is 258 g/mol. The Labute approximate surface area is 118 Å². The lowest BCUT2D eigenvalue weighted by atomic mass is 10.1. The van der Waals surface area contributed by atoms with Crippen molar-refractivity contribution in [3.63, 3.8) is 0 Å². The number of ether oxygens (including phenoxy) is 2. The van der Waals surface area contributed by atoms with Gasteiger partial charge in [0.1, 0.15) is 11.5 Å². The molecule has 0 spiro atoms. The first-order chi connectivity index (χ1) is 9.60. The van der Waals surface area contributed by atoms with Gasteiger partial charge >= 0.3 is 0 Å². The highest BCUT2D eigenvalue weighted by Crippen LogP contribution is 2.24. The van der Waals surface area contributed by atoms with Gasteiger partial charge in [0.05, 0.1) is 14.2 Å². The van der Waals surface area contributed by atoms with Crippen molar-refractivity contribution in [2.24, 2.45) is 21.5 Å². The minimum absolute atomic E-state index is 0.227. The van der Waals surface area contributed by atoms with Crippen molar-refractivity contribution in [1.82, 2.24) is 5.32 Å². The predicted octanol–water partition coefficient (Wildman–Crippen LogP) is 0.0951. The van der Waals surface area contributed by atoms with Crippen molar-refractivity contribution in [3.8, 4) is 11.5 Å². The first kappa shape index (κ1) is 15.6. The molecule has 0 aromatic heterocycles. The van der Waals surface area contributed by atoms with E-state index in [4.69, 9.17) is 20.9 Å². The molecule has 0 saturated carbocycles. The van der Waals surface area contributed by atoms with Gasteiger partial charge in [-0.25, -0.2) is 0 Å². The van der Waals surface area contributed by atoms with Crippen LogP contribution in [-0.2, 0) is 6.42 Å². The monoisotopic (exact) mass is 279 g/mol. The normalized spacial score (nSPS) is 12.2. The topological polar surface area (TPSA) is 107 Å². The zero-order valence-corrected chi connectivity index (χ0v) is 12.0. The van der Waals surface area contributed by atoms with Crippen LogP contribution in [0.1, 0.15) is 5.56 Å². The number of rotatable bonds is 5. The molecule has 7 heteroatoms. The number of nitrogens with one attached hydrogen (secondary N) is 1. The van der Waals surface area contributed by atoms with Gasteiger partial charge < -0.3 is 20.9 Å². The van der Waals surface area contributed by atoms with Crippen LogP contribution in [0.3, 0.4) is 0 Å². The van der Waals surface area contributed by atoms with Gasteiger partial charge in [0.25, 0.3) is 0 Å². The van der Waals surface area contributed by atoms with Crippen LogP contribution in [0.15, 0.2) is 28.2 Å². The summed E-state index contributed by atoms with van der Waals surface area (Å²) in [7, 11) is 4.82. The van der Waals surface area contributed by atoms with E-state index in [2.05, 4.69) is 15.3 Å². The summed E-state index contributed by atoms with van der Waals surface area (Å²) in [6, 6.07) is 5.63. The highest BCUT2D eigenvalue weighted by Gasteiger charge is 2.04. The molecule has 0 bridgehead atoms. The first-order valence-electron chi connectivity index (χ1n) is 6.10. The molecule has 20 heavy (non-hydrogen) atoms. The Hall–Kier alpha value is -2.44. The SMILES string of the molecule is CN=C(N)NC(N)=NCCc1cc(OC)ccc1OC. The van der Waals surface area contributed by atoms with Crippen LogP contribution in [0.25, 0.3) is 0 Å². The van der Waals surface area contributed by atoms with Crippen molar-refractivity contribution in [2.45, 2.75) is 6.42 Å². The highest BCUT2D eigenvalue weighted by molar-refractivity contribution is 5.96. The van der Waals surface area contributed by atoms with Crippen molar-refractivity contribution >= 4 is 11.9 Å². The van der Waals surface area contributed by atoms with E-state index in [0.29, 0.717) is 13.0 Å². The van der Waals surface area contributed by atoms with Crippen LogP contribution >= 0.6 is 0 Å². The summed E-state index contributed by atoms with van der Waals surface area (Å²) in [6.45, 7) is 0.499. The second-order valence-electron chi connectivity index (χ2n) is 3.93. The Morgan fingerprint density at radius 2 is 1.95 bits per heavy atom. The predicted molar refractivity (Wildman–Crippen MR) is 80.4 cm³/mol. The summed E-state index contributed by atoms with van der Waals surface area (Å²) in [6.07, 6.45) is 0.673. The van der Waals surface area contributed by atoms with Crippen LogP contribution in [0.4, 0.5) is 0 Å². The number of nitrogens with two attached hydrogens (primary N) is 2. The molecule has 0 heterocycles. The second-order valence-corrected chi connectivity index (χ2v) is 3.93. The Balaban J connectivity index is 2.67. The van der Waals surface area contributed by atoms with Gasteiger partial charge in [0.15, 0.2) is 11.9 Å². The lowest BCUT2D eigenvalue weighted by Gasteiger charge is -2.09. The van der Waals surface area contributed by atoms with Gasteiger partial charge in [-0.15, -0.1) is 0 Å². The highest BCUT2D eigenvalue weighted by atomic mass is 16.5. The molecule has 1 aromatic carbocycles. The molecule has 0 radical (unpaired) electrons. The first-order valence-corrected chi connectivity index (χ1v) is 6.10. The van der Waals surface area contributed by atoms with E-state index < -0.39 is 0 Å². The zero-order valence-electron chi connectivity index (χ0n) is 12.0. The van der Waals surface area contributed by atoms with Crippen molar-refractivity contribution in [2.75, 3.05) is 27.8 Å².